The zero-order chi connectivity index (χ0) is 18.6. The van der Waals surface area contributed by atoms with Gasteiger partial charge in [0.2, 0.25) is 0 Å². The first-order chi connectivity index (χ1) is 13.2. The molecule has 0 N–H and O–H groups in total. The molecule has 130 valence electrons. The lowest BCUT2D eigenvalue weighted by Crippen LogP contribution is -2.07. The van der Waals surface area contributed by atoms with E-state index in [1.165, 1.54) is 0 Å². The Morgan fingerprint density at radius 3 is 2.04 bits per heavy atom. The van der Waals surface area contributed by atoms with Crippen LogP contribution in [0.15, 0.2) is 77.3 Å². The van der Waals surface area contributed by atoms with Crippen LogP contribution in [0.4, 0.5) is 0 Å². The summed E-state index contributed by atoms with van der Waals surface area (Å²) in [5, 5.41) is 9.02. The summed E-state index contributed by atoms with van der Waals surface area (Å²) in [5.74, 6) is 2.15. The summed E-state index contributed by atoms with van der Waals surface area (Å²) < 4.78 is 1.01. The van der Waals surface area contributed by atoms with E-state index in [1.54, 1.807) is 12.1 Å². The summed E-state index contributed by atoms with van der Waals surface area (Å²) in [4.78, 5) is 14.2. The van der Waals surface area contributed by atoms with Crippen molar-refractivity contribution in [2.24, 2.45) is 0 Å². The summed E-state index contributed by atoms with van der Waals surface area (Å²) in [6.45, 7) is 0. The van der Waals surface area contributed by atoms with Gasteiger partial charge < -0.3 is 0 Å². The van der Waals surface area contributed by atoms with E-state index >= 15 is 0 Å². The topological polar surface area (TPSA) is 62.5 Å². The van der Waals surface area contributed by atoms with Crippen LogP contribution in [0.2, 0.25) is 0 Å². The van der Waals surface area contributed by atoms with Gasteiger partial charge in [0.25, 0.3) is 0 Å². The zero-order valence-electron chi connectivity index (χ0n) is 14.4. The van der Waals surface area contributed by atoms with Gasteiger partial charge in [-0.2, -0.15) is 5.26 Å². The van der Waals surface area contributed by atoms with Gasteiger partial charge in [0.1, 0.15) is 5.82 Å². The first-order valence-corrected chi connectivity index (χ1v) is 9.38. The predicted molar refractivity (Wildman–Crippen MR) is 109 cm³/mol. The molecular weight excluding hydrogens is 400 g/mol. The van der Waals surface area contributed by atoms with Crippen molar-refractivity contribution in [3.63, 3.8) is 0 Å². The van der Waals surface area contributed by atoms with Crippen LogP contribution in [0.1, 0.15) is 23.7 Å². The highest BCUT2D eigenvalue weighted by Crippen LogP contribution is 2.27. The number of hydrogen-bond acceptors (Lipinski definition) is 4. The molecule has 4 nitrogen and oxygen atoms in total. The second-order valence-corrected chi connectivity index (χ2v) is 7.11. The van der Waals surface area contributed by atoms with E-state index in [4.69, 9.17) is 20.2 Å². The minimum atomic E-state index is 0.129. The largest absolute Gasteiger partial charge is 0.212 e. The Kier molecular flexibility index (Phi) is 4.91. The molecule has 1 unspecified atom stereocenters. The lowest BCUT2D eigenvalue weighted by atomic mass is 10.00. The fraction of sp³-hybridized carbons (Fsp3) is 0.0909. The number of nitrogens with zero attached hydrogens (tertiary/aromatic N) is 4. The molecule has 0 spiro atoms. The number of allylic oxidation sites excluding steroid dienone is 4. The van der Waals surface area contributed by atoms with Crippen molar-refractivity contribution >= 4 is 15.9 Å². The molecule has 0 aliphatic heterocycles. The van der Waals surface area contributed by atoms with Crippen LogP contribution in [0.3, 0.4) is 0 Å². The molecule has 1 atom stereocenters. The van der Waals surface area contributed by atoms with Gasteiger partial charge >= 0.3 is 0 Å². The van der Waals surface area contributed by atoms with Crippen molar-refractivity contribution in [1.29, 1.82) is 5.26 Å². The molecule has 1 aromatic heterocycles. The van der Waals surface area contributed by atoms with Gasteiger partial charge in [0.05, 0.1) is 11.6 Å². The van der Waals surface area contributed by atoms with Crippen molar-refractivity contribution in [1.82, 2.24) is 15.0 Å². The first-order valence-electron chi connectivity index (χ1n) is 8.59. The molecule has 0 saturated carbocycles. The number of nitriles is 1. The van der Waals surface area contributed by atoms with E-state index < -0.39 is 0 Å². The fourth-order valence-corrected chi connectivity index (χ4v) is 3.15. The lowest BCUT2D eigenvalue weighted by Gasteiger charge is -2.14. The molecule has 0 fully saturated rings. The van der Waals surface area contributed by atoms with Crippen molar-refractivity contribution in [2.75, 3.05) is 0 Å². The zero-order valence-corrected chi connectivity index (χ0v) is 16.0. The maximum atomic E-state index is 9.02. The van der Waals surface area contributed by atoms with E-state index in [1.807, 2.05) is 48.6 Å². The second-order valence-electron chi connectivity index (χ2n) is 6.19. The van der Waals surface area contributed by atoms with Gasteiger partial charge in [-0.25, -0.2) is 15.0 Å². The standard InChI is InChI=1S/C22H15BrN4/c23-19-12-10-18(11-13-19)22-26-20(16-4-2-1-3-5-16)25-21(27-22)17-8-6-15(14-24)7-9-17/h1-4,6-13,16H,5H2. The Balaban J connectivity index is 1.82. The predicted octanol–water partition coefficient (Wildman–Crippen LogP) is 5.44. The third-order valence-corrected chi connectivity index (χ3v) is 4.87. The van der Waals surface area contributed by atoms with Gasteiger partial charge in [-0.3, -0.25) is 0 Å². The second kappa shape index (κ2) is 7.65. The third kappa shape index (κ3) is 3.86. The van der Waals surface area contributed by atoms with E-state index in [2.05, 4.69) is 34.2 Å². The van der Waals surface area contributed by atoms with Crippen molar-refractivity contribution in [2.45, 2.75) is 12.3 Å². The maximum absolute atomic E-state index is 9.02. The molecule has 5 heteroatoms. The minimum absolute atomic E-state index is 0.129. The highest BCUT2D eigenvalue weighted by molar-refractivity contribution is 9.10. The Bertz CT molecular complexity index is 1060. The molecule has 27 heavy (non-hydrogen) atoms. The summed E-state index contributed by atoms with van der Waals surface area (Å²) in [6.07, 6.45) is 9.17. The monoisotopic (exact) mass is 414 g/mol. The third-order valence-electron chi connectivity index (χ3n) is 4.34. The SMILES string of the molecule is N#Cc1ccc(-c2nc(-c3ccc(Br)cc3)nc(C3C=CC=CC3)n2)cc1. The van der Waals surface area contributed by atoms with Gasteiger partial charge in [-0.1, -0.05) is 52.4 Å². The fourth-order valence-electron chi connectivity index (χ4n) is 2.88. The lowest BCUT2D eigenvalue weighted by molar-refractivity contribution is 0.764. The van der Waals surface area contributed by atoms with Crippen LogP contribution in [0.25, 0.3) is 22.8 Å². The summed E-state index contributed by atoms with van der Waals surface area (Å²) in [6, 6.07) is 17.4. The number of aromatic nitrogens is 3. The highest BCUT2D eigenvalue weighted by Gasteiger charge is 2.17. The van der Waals surface area contributed by atoms with Crippen LogP contribution < -0.4 is 0 Å². The van der Waals surface area contributed by atoms with E-state index in [-0.39, 0.29) is 5.92 Å². The molecule has 1 aliphatic rings. The van der Waals surface area contributed by atoms with Crippen LogP contribution >= 0.6 is 15.9 Å². The molecule has 1 aliphatic carbocycles. The summed E-state index contributed by atoms with van der Waals surface area (Å²) >= 11 is 3.46. The number of benzene rings is 2. The molecule has 0 bridgehead atoms. The highest BCUT2D eigenvalue weighted by atomic mass is 79.9. The molecule has 4 rings (SSSR count). The van der Waals surface area contributed by atoms with E-state index in [9.17, 15) is 0 Å². The van der Waals surface area contributed by atoms with E-state index in [0.717, 1.165) is 27.8 Å². The molecule has 0 saturated heterocycles. The van der Waals surface area contributed by atoms with Crippen molar-refractivity contribution in [3.05, 3.63) is 88.7 Å². The normalized spacial score (nSPS) is 15.5. The Hall–Kier alpha value is -3.10. The molecule has 2 aromatic carbocycles. The van der Waals surface area contributed by atoms with Crippen molar-refractivity contribution < 1.29 is 0 Å². The first kappa shape index (κ1) is 17.3. The Morgan fingerprint density at radius 1 is 0.852 bits per heavy atom. The quantitative estimate of drug-likeness (QED) is 0.572. The minimum Gasteiger partial charge on any atom is -0.212 e. The summed E-state index contributed by atoms with van der Waals surface area (Å²) in [5.41, 5.74) is 2.42. The van der Waals surface area contributed by atoms with Gasteiger partial charge in [-0.05, 0) is 42.8 Å². The molecule has 3 aromatic rings. The number of rotatable bonds is 3. The van der Waals surface area contributed by atoms with Crippen LogP contribution in [-0.4, -0.2) is 15.0 Å². The molecule has 1 heterocycles. The average molecular weight is 415 g/mol. The van der Waals surface area contributed by atoms with Crippen LogP contribution in [-0.2, 0) is 0 Å². The van der Waals surface area contributed by atoms with Gasteiger partial charge in [0, 0.05) is 21.5 Å². The smallest absolute Gasteiger partial charge is 0.163 e. The van der Waals surface area contributed by atoms with Crippen LogP contribution in [0, 0.1) is 11.3 Å². The Labute approximate surface area is 166 Å². The maximum Gasteiger partial charge on any atom is 0.163 e. The summed E-state index contributed by atoms with van der Waals surface area (Å²) in [7, 11) is 0. The Morgan fingerprint density at radius 2 is 1.48 bits per heavy atom. The average Bonchev–Trinajstić information content (AvgIpc) is 2.74. The molecule has 0 amide bonds. The number of halogens is 1. The number of hydrogen-bond donors (Lipinski definition) is 0. The van der Waals surface area contributed by atoms with E-state index in [0.29, 0.717) is 17.2 Å². The van der Waals surface area contributed by atoms with Gasteiger partial charge in [0.15, 0.2) is 11.6 Å². The molecular formula is C22H15BrN4. The van der Waals surface area contributed by atoms with Crippen LogP contribution in [0.5, 0.6) is 0 Å². The molecule has 0 radical (unpaired) electrons. The van der Waals surface area contributed by atoms with Crippen molar-refractivity contribution in [3.8, 4) is 28.8 Å². The van der Waals surface area contributed by atoms with Gasteiger partial charge in [-0.15, -0.1) is 0 Å².